The van der Waals surface area contributed by atoms with Crippen molar-refractivity contribution in [2.75, 3.05) is 5.75 Å². The third-order valence-electron chi connectivity index (χ3n) is 1.74. The second kappa shape index (κ2) is 6.53. The molecule has 12 heavy (non-hydrogen) atoms. The van der Waals surface area contributed by atoms with Gasteiger partial charge in [0.15, 0.2) is 0 Å². The first kappa shape index (κ1) is 12.0. The number of rotatable bonds is 6. The molecule has 1 unspecified atom stereocenters. The van der Waals surface area contributed by atoms with Gasteiger partial charge in [-0.2, -0.15) is 11.8 Å². The van der Waals surface area contributed by atoms with E-state index in [4.69, 9.17) is 0 Å². The number of carbonyl (C=O) groups excluding carboxylic acids is 1. The Balaban J connectivity index is 3.44. The van der Waals surface area contributed by atoms with Gasteiger partial charge in [-0.15, -0.1) is 0 Å². The van der Waals surface area contributed by atoms with Gasteiger partial charge in [0.25, 0.3) is 0 Å². The maximum atomic E-state index is 11.3. The monoisotopic (exact) mass is 188 g/mol. The van der Waals surface area contributed by atoms with Gasteiger partial charge in [0.1, 0.15) is 5.78 Å². The molecule has 0 heterocycles. The molecule has 0 aliphatic rings. The van der Waals surface area contributed by atoms with Gasteiger partial charge in [-0.3, -0.25) is 4.79 Å². The molecule has 72 valence electrons. The summed E-state index contributed by atoms with van der Waals surface area (Å²) in [5, 5.41) is 0.626. The van der Waals surface area contributed by atoms with Crippen LogP contribution in [0.3, 0.4) is 0 Å². The summed E-state index contributed by atoms with van der Waals surface area (Å²) in [4.78, 5) is 11.3. The van der Waals surface area contributed by atoms with Crippen LogP contribution in [0.2, 0.25) is 0 Å². The molecular formula is C10H20OS. The Morgan fingerprint density at radius 1 is 1.33 bits per heavy atom. The fraction of sp³-hybridized carbons (Fsp3) is 0.900. The molecule has 0 fully saturated rings. The Morgan fingerprint density at radius 2 is 1.92 bits per heavy atom. The SMILES string of the molecule is CCC(C)SCC(=O)CC(C)C. The van der Waals surface area contributed by atoms with E-state index in [1.54, 1.807) is 11.8 Å². The lowest BCUT2D eigenvalue weighted by Crippen LogP contribution is -2.08. The molecule has 2 heteroatoms. The predicted octanol–water partition coefficient (Wildman–Crippen LogP) is 3.13. The van der Waals surface area contributed by atoms with Crippen molar-refractivity contribution in [2.24, 2.45) is 5.92 Å². The summed E-state index contributed by atoms with van der Waals surface area (Å²) in [6.45, 7) is 8.51. The van der Waals surface area contributed by atoms with E-state index >= 15 is 0 Å². The van der Waals surface area contributed by atoms with Crippen molar-refractivity contribution >= 4 is 17.5 Å². The van der Waals surface area contributed by atoms with Gasteiger partial charge in [0.05, 0.1) is 5.75 Å². The third kappa shape index (κ3) is 6.71. The van der Waals surface area contributed by atoms with Crippen LogP contribution < -0.4 is 0 Å². The molecule has 1 nitrogen and oxygen atoms in total. The second-order valence-electron chi connectivity index (χ2n) is 3.67. The van der Waals surface area contributed by atoms with E-state index in [2.05, 4.69) is 27.7 Å². The molecule has 0 amide bonds. The standard InChI is InChI=1S/C10H20OS/c1-5-9(4)12-7-10(11)6-8(2)3/h8-9H,5-7H2,1-4H3. The lowest BCUT2D eigenvalue weighted by Gasteiger charge is -2.07. The molecule has 0 N–H and O–H groups in total. The normalized spacial score (nSPS) is 13.4. The quantitative estimate of drug-likeness (QED) is 0.637. The maximum Gasteiger partial charge on any atom is 0.143 e. The number of hydrogen-bond donors (Lipinski definition) is 0. The summed E-state index contributed by atoms with van der Waals surface area (Å²) in [5.41, 5.74) is 0. The number of hydrogen-bond acceptors (Lipinski definition) is 2. The highest BCUT2D eigenvalue weighted by Crippen LogP contribution is 2.14. The van der Waals surface area contributed by atoms with E-state index in [0.717, 1.165) is 12.8 Å². The lowest BCUT2D eigenvalue weighted by molar-refractivity contribution is -0.117. The molecule has 0 spiro atoms. The van der Waals surface area contributed by atoms with Gasteiger partial charge in [-0.25, -0.2) is 0 Å². The van der Waals surface area contributed by atoms with Crippen molar-refractivity contribution in [1.29, 1.82) is 0 Å². The van der Waals surface area contributed by atoms with Crippen molar-refractivity contribution in [1.82, 2.24) is 0 Å². The van der Waals surface area contributed by atoms with Gasteiger partial charge in [0, 0.05) is 11.7 Å². The van der Waals surface area contributed by atoms with E-state index in [-0.39, 0.29) is 0 Å². The lowest BCUT2D eigenvalue weighted by atomic mass is 10.1. The van der Waals surface area contributed by atoms with Gasteiger partial charge < -0.3 is 0 Å². The zero-order valence-corrected chi connectivity index (χ0v) is 9.41. The topological polar surface area (TPSA) is 17.1 Å². The van der Waals surface area contributed by atoms with Crippen LogP contribution in [0.1, 0.15) is 40.5 Å². The minimum Gasteiger partial charge on any atom is -0.299 e. The summed E-state index contributed by atoms with van der Waals surface area (Å²) >= 11 is 1.78. The van der Waals surface area contributed by atoms with Crippen LogP contribution >= 0.6 is 11.8 Å². The van der Waals surface area contributed by atoms with Gasteiger partial charge in [-0.1, -0.05) is 27.7 Å². The van der Waals surface area contributed by atoms with Crippen LogP contribution in [0, 0.1) is 5.92 Å². The Labute approximate surface area is 80.3 Å². The number of Topliss-reactive ketones (excluding diaryl/α,β-unsaturated/α-hetero) is 1. The van der Waals surface area contributed by atoms with Crippen LogP contribution in [0.5, 0.6) is 0 Å². The Bertz CT molecular complexity index is 132. The van der Waals surface area contributed by atoms with E-state index < -0.39 is 0 Å². The average Bonchev–Trinajstić information content (AvgIpc) is 1.99. The first-order valence-electron chi connectivity index (χ1n) is 4.69. The van der Waals surface area contributed by atoms with E-state index in [1.807, 2.05) is 0 Å². The maximum absolute atomic E-state index is 11.3. The zero-order valence-electron chi connectivity index (χ0n) is 8.59. The molecule has 0 aromatic heterocycles. The molecule has 0 saturated carbocycles. The van der Waals surface area contributed by atoms with Gasteiger partial charge >= 0.3 is 0 Å². The number of ketones is 1. The molecule has 0 saturated heterocycles. The highest BCUT2D eigenvalue weighted by atomic mass is 32.2. The van der Waals surface area contributed by atoms with Crippen LogP contribution in [-0.2, 0) is 4.79 Å². The van der Waals surface area contributed by atoms with Crippen LogP contribution in [0.4, 0.5) is 0 Å². The smallest absolute Gasteiger partial charge is 0.143 e. The first-order chi connectivity index (χ1) is 5.56. The van der Waals surface area contributed by atoms with E-state index in [1.165, 1.54) is 0 Å². The molecule has 0 aromatic rings. The van der Waals surface area contributed by atoms with E-state index in [9.17, 15) is 4.79 Å². The van der Waals surface area contributed by atoms with Crippen molar-refractivity contribution in [3.63, 3.8) is 0 Å². The fourth-order valence-electron chi connectivity index (χ4n) is 0.867. The van der Waals surface area contributed by atoms with Crippen LogP contribution in [-0.4, -0.2) is 16.8 Å². The zero-order chi connectivity index (χ0) is 9.56. The minimum atomic E-state index is 0.398. The highest BCUT2D eigenvalue weighted by molar-refractivity contribution is 8.00. The highest BCUT2D eigenvalue weighted by Gasteiger charge is 2.07. The van der Waals surface area contributed by atoms with Crippen LogP contribution in [0.25, 0.3) is 0 Å². The Kier molecular flexibility index (Phi) is 6.54. The van der Waals surface area contributed by atoms with Crippen molar-refractivity contribution < 1.29 is 4.79 Å². The minimum absolute atomic E-state index is 0.398. The van der Waals surface area contributed by atoms with Crippen molar-refractivity contribution in [3.8, 4) is 0 Å². The molecule has 0 bridgehead atoms. The average molecular weight is 188 g/mol. The van der Waals surface area contributed by atoms with Crippen molar-refractivity contribution in [3.05, 3.63) is 0 Å². The summed E-state index contributed by atoms with van der Waals surface area (Å²) < 4.78 is 0. The number of thioether (sulfide) groups is 1. The molecule has 0 rings (SSSR count). The number of carbonyl (C=O) groups is 1. The molecule has 1 atom stereocenters. The van der Waals surface area contributed by atoms with Crippen molar-refractivity contribution in [2.45, 2.75) is 45.8 Å². The van der Waals surface area contributed by atoms with Crippen LogP contribution in [0.15, 0.2) is 0 Å². The molecule has 0 aliphatic carbocycles. The van der Waals surface area contributed by atoms with Gasteiger partial charge in [-0.05, 0) is 12.3 Å². The Hall–Kier alpha value is 0.0200. The summed E-state index contributed by atoms with van der Waals surface area (Å²) in [6.07, 6.45) is 1.89. The molecule has 0 aromatic carbocycles. The fourth-order valence-corrected chi connectivity index (χ4v) is 1.69. The van der Waals surface area contributed by atoms with Gasteiger partial charge in [0.2, 0.25) is 0 Å². The second-order valence-corrected chi connectivity index (χ2v) is 5.09. The summed E-state index contributed by atoms with van der Waals surface area (Å²) in [7, 11) is 0. The molecule has 0 radical (unpaired) electrons. The summed E-state index contributed by atoms with van der Waals surface area (Å²) in [6, 6.07) is 0. The first-order valence-corrected chi connectivity index (χ1v) is 5.74. The predicted molar refractivity (Wildman–Crippen MR) is 56.7 cm³/mol. The molecule has 0 aliphatic heterocycles. The molecular weight excluding hydrogens is 168 g/mol. The third-order valence-corrected chi connectivity index (χ3v) is 3.13. The summed E-state index contributed by atoms with van der Waals surface area (Å²) in [5.74, 6) is 1.61. The van der Waals surface area contributed by atoms with E-state index in [0.29, 0.717) is 22.7 Å². The Morgan fingerprint density at radius 3 is 2.33 bits per heavy atom. The largest absolute Gasteiger partial charge is 0.299 e.